The summed E-state index contributed by atoms with van der Waals surface area (Å²) < 4.78 is 0. The summed E-state index contributed by atoms with van der Waals surface area (Å²) in [4.78, 5) is 14.0. The van der Waals surface area contributed by atoms with Gasteiger partial charge in [-0.1, -0.05) is 0 Å². The van der Waals surface area contributed by atoms with Crippen molar-refractivity contribution >= 4 is 0 Å². The van der Waals surface area contributed by atoms with Gasteiger partial charge < -0.3 is 6.15 Å². The fraction of sp³-hybridized carbons (Fsp3) is 0. The van der Waals surface area contributed by atoms with Crippen molar-refractivity contribution in [1.82, 2.24) is 6.15 Å². The van der Waals surface area contributed by atoms with Gasteiger partial charge in [0.25, 0.3) is 0 Å². The molecule has 3 N–H and O–H groups in total. The van der Waals surface area contributed by atoms with Gasteiger partial charge in [0, 0.05) is 68.7 Å². The third-order valence-electron chi connectivity index (χ3n) is 0. The van der Waals surface area contributed by atoms with Crippen molar-refractivity contribution < 1.29 is 58.8 Å². The van der Waals surface area contributed by atoms with Crippen LogP contribution in [0.4, 0.5) is 0 Å². The Morgan fingerprint density at radius 3 is 1.00 bits per heavy atom. The summed E-state index contributed by atoms with van der Waals surface area (Å²) in [6.45, 7) is 0. The first kappa shape index (κ1) is 31.4. The van der Waals surface area contributed by atoms with E-state index in [0.29, 0.717) is 0 Å². The molecule has 0 aliphatic heterocycles. The Bertz CT molecular complexity index is 9.61. The van der Waals surface area contributed by atoms with Gasteiger partial charge in [-0.25, -0.2) is 0 Å². The van der Waals surface area contributed by atoms with Crippen LogP contribution in [-0.4, -0.2) is 0 Å². The molecule has 0 saturated carbocycles. The second-order valence-electron chi connectivity index (χ2n) is 0. The molecule has 3 nitrogen and oxygen atoms in total. The standard InChI is InChI=1S/Ar.H3N.O2.W/c;;1-2;/h;1H3;;. The minimum absolute atomic E-state index is 0. The Morgan fingerprint density at radius 2 is 1.00 bits per heavy atom. The van der Waals surface area contributed by atoms with E-state index in [1.165, 1.54) is 0 Å². The van der Waals surface area contributed by atoms with Gasteiger partial charge in [-0.15, -0.1) is 0 Å². The van der Waals surface area contributed by atoms with Crippen LogP contribution in [-0.2, 0) is 21.1 Å². The second kappa shape index (κ2) is 49.2. The minimum atomic E-state index is 0. The molecule has 0 aliphatic carbocycles. The van der Waals surface area contributed by atoms with E-state index in [9.17, 15) is 0 Å². The van der Waals surface area contributed by atoms with Crippen LogP contribution >= 0.6 is 0 Å². The number of rotatable bonds is 0. The Hall–Kier alpha value is 1.51. The molecule has 0 fully saturated rings. The molecule has 5 heteroatoms. The van der Waals surface area contributed by atoms with Crippen LogP contribution in [0.25, 0.3) is 0 Å². The quantitative estimate of drug-likeness (QED) is 0.686. The van der Waals surface area contributed by atoms with E-state index in [2.05, 4.69) is 0 Å². The normalized spacial score (nSPS) is 0.800. The van der Waals surface area contributed by atoms with Crippen LogP contribution in [0.1, 0.15) is 0 Å². The SMILES string of the molecule is N.O=O.[Ar].[W]. The maximum absolute atomic E-state index is 7.00. The van der Waals surface area contributed by atoms with Gasteiger partial charge in [0.2, 0.25) is 0 Å². The van der Waals surface area contributed by atoms with E-state index in [-0.39, 0.29) is 65.0 Å². The van der Waals surface area contributed by atoms with Crippen LogP contribution in [0.15, 0.2) is 0 Å². The molecule has 0 aliphatic rings. The Kier molecular flexibility index (Phi) is 309. The van der Waals surface area contributed by atoms with Crippen LogP contribution in [0.5, 0.6) is 0 Å². The second-order valence-corrected chi connectivity index (χ2v) is 0. The predicted octanol–water partition coefficient (Wildman–Crippen LogP) is 0.226. The predicted molar refractivity (Wildman–Crippen MR) is 11.8 cm³/mol. The zero-order valence-corrected chi connectivity index (χ0v) is 5.93. The fourth-order valence-electron chi connectivity index (χ4n) is 0. The maximum atomic E-state index is 7.00. The zero-order valence-electron chi connectivity index (χ0n) is 2.29. The minimum Gasteiger partial charge on any atom is -0.344 e. The summed E-state index contributed by atoms with van der Waals surface area (Å²) in [5.41, 5.74) is 0. The Morgan fingerprint density at radius 1 is 1.00 bits per heavy atom. The first-order chi connectivity index (χ1) is 1.00. The van der Waals surface area contributed by atoms with Gasteiger partial charge in [-0.2, -0.15) is 0 Å². The summed E-state index contributed by atoms with van der Waals surface area (Å²) in [6, 6.07) is 0. The Balaban J connectivity index is -0.00000000167. The largest absolute Gasteiger partial charge is 0.344 e. The molecule has 0 aromatic heterocycles. The monoisotopic (exact) mass is 273 g/mol. The van der Waals surface area contributed by atoms with E-state index in [0.717, 1.165) is 0 Å². The molecule has 0 aromatic rings. The molecule has 0 heterocycles. The van der Waals surface area contributed by atoms with Crippen LogP contribution in [0.3, 0.4) is 0 Å². The van der Waals surface area contributed by atoms with Crippen molar-refractivity contribution in [2.24, 2.45) is 0 Å². The maximum Gasteiger partial charge on any atom is 0 e. The average Bonchev–Trinajstić information content (AvgIpc) is 1.00. The molecule has 0 amide bonds. The average molecular weight is 273 g/mol. The zero-order chi connectivity index (χ0) is 2.00. The molecule has 0 bridgehead atoms. The van der Waals surface area contributed by atoms with Gasteiger partial charge in [0.15, 0.2) is 0 Å². The first-order valence-electron chi connectivity index (χ1n) is 0.167. The van der Waals surface area contributed by atoms with Gasteiger partial charge in [-0.3, -0.25) is 0 Å². The van der Waals surface area contributed by atoms with Gasteiger partial charge in [0.1, 0.15) is 0 Å². The summed E-state index contributed by atoms with van der Waals surface area (Å²) in [5, 5.41) is 0. The molecule has 0 radical (unpaired) electrons. The van der Waals surface area contributed by atoms with Gasteiger partial charge >= 0.3 is 0 Å². The van der Waals surface area contributed by atoms with E-state index >= 15 is 0 Å². The number of hydrogen-bond acceptors (Lipinski definition) is 3. The molecular formula is H3ArNO2W. The summed E-state index contributed by atoms with van der Waals surface area (Å²) in [6.07, 6.45) is 0. The summed E-state index contributed by atoms with van der Waals surface area (Å²) >= 11 is 0. The molecule has 0 spiro atoms. The first-order valence-corrected chi connectivity index (χ1v) is 0.167. The fourth-order valence-corrected chi connectivity index (χ4v) is 0. The van der Waals surface area contributed by atoms with Gasteiger partial charge in [0.05, 0.1) is 0 Å². The van der Waals surface area contributed by atoms with E-state index in [1.54, 1.807) is 0 Å². The smallest absolute Gasteiger partial charge is 0 e. The third-order valence-corrected chi connectivity index (χ3v) is 0. The molecule has 34 valence electrons. The summed E-state index contributed by atoms with van der Waals surface area (Å²) in [7, 11) is 0. The summed E-state index contributed by atoms with van der Waals surface area (Å²) in [5.74, 6) is 0. The van der Waals surface area contributed by atoms with Crippen molar-refractivity contribution in [2.75, 3.05) is 0 Å². The topological polar surface area (TPSA) is 69.1 Å². The van der Waals surface area contributed by atoms with Crippen molar-refractivity contribution in [1.29, 1.82) is 0 Å². The van der Waals surface area contributed by atoms with Gasteiger partial charge in [-0.05, 0) is 0 Å². The number of hydrogen-bond donors (Lipinski definition) is 1. The Labute approximate surface area is 73.9 Å². The molecule has 0 atom stereocenters. The molecule has 0 unspecified atom stereocenters. The van der Waals surface area contributed by atoms with E-state index in [4.69, 9.17) is 9.93 Å². The molecule has 0 saturated heterocycles. The van der Waals surface area contributed by atoms with E-state index in [1.807, 2.05) is 0 Å². The van der Waals surface area contributed by atoms with Crippen molar-refractivity contribution in [3.8, 4) is 0 Å². The van der Waals surface area contributed by atoms with Crippen molar-refractivity contribution in [3.63, 3.8) is 0 Å². The molecule has 0 rings (SSSR count). The van der Waals surface area contributed by atoms with Crippen LogP contribution in [0, 0.1) is 47.7 Å². The molecule has 5 heavy (non-hydrogen) atoms. The molecule has 0 aromatic carbocycles. The van der Waals surface area contributed by atoms with E-state index < -0.39 is 0 Å². The van der Waals surface area contributed by atoms with Crippen molar-refractivity contribution in [2.45, 2.75) is 0 Å². The molecular weight excluding hydrogens is 270 g/mol. The van der Waals surface area contributed by atoms with Crippen LogP contribution < -0.4 is 6.15 Å². The van der Waals surface area contributed by atoms with Crippen molar-refractivity contribution in [3.05, 3.63) is 9.93 Å². The van der Waals surface area contributed by atoms with Crippen LogP contribution in [0.2, 0.25) is 0 Å². The third kappa shape index (κ3) is 29.8.